The fourth-order valence-corrected chi connectivity index (χ4v) is 3.81. The van der Waals surface area contributed by atoms with Crippen LogP contribution in [0.15, 0.2) is 26.9 Å². The van der Waals surface area contributed by atoms with Gasteiger partial charge in [-0.05, 0) is 34.3 Å². The Morgan fingerprint density at radius 3 is 2.93 bits per heavy atom. The van der Waals surface area contributed by atoms with Crippen molar-refractivity contribution in [3.8, 4) is 6.07 Å². The maximum Gasteiger partial charge on any atom is 0.0998 e. The predicted octanol–water partition coefficient (Wildman–Crippen LogP) is 4.26. The molecule has 2 aromatic rings. The van der Waals surface area contributed by atoms with E-state index in [1.165, 1.54) is 4.90 Å². The molecule has 4 heteroatoms. The summed E-state index contributed by atoms with van der Waals surface area (Å²) in [7, 11) is 0. The van der Waals surface area contributed by atoms with Crippen LogP contribution in [0.1, 0.15) is 5.56 Å². The molecule has 1 aromatic carbocycles. The largest absolute Gasteiger partial charge is 0.192 e. The molecule has 0 radical (unpaired) electrons. The molecule has 14 heavy (non-hydrogen) atoms. The number of hydrogen-bond acceptors (Lipinski definition) is 3. The van der Waals surface area contributed by atoms with Crippen molar-refractivity contribution in [3.63, 3.8) is 0 Å². The lowest BCUT2D eigenvalue weighted by Gasteiger charge is -1.98. The fraction of sp³-hybridized carbons (Fsp3) is 0.100. The Labute approximate surface area is 98.9 Å². The van der Waals surface area contributed by atoms with Gasteiger partial charge in [-0.2, -0.15) is 5.26 Å². The van der Waals surface area contributed by atoms with E-state index >= 15 is 0 Å². The molecule has 0 unspecified atom stereocenters. The number of hydrogen-bond donors (Lipinski definition) is 0. The van der Waals surface area contributed by atoms with Gasteiger partial charge in [-0.1, -0.05) is 0 Å². The van der Waals surface area contributed by atoms with E-state index in [0.29, 0.717) is 0 Å². The van der Waals surface area contributed by atoms with Gasteiger partial charge in [0.15, 0.2) is 0 Å². The number of thiophene rings is 1. The molecular formula is C10H6BrNS2. The molecule has 0 spiro atoms. The van der Waals surface area contributed by atoms with Crippen LogP contribution < -0.4 is 0 Å². The lowest BCUT2D eigenvalue weighted by Crippen LogP contribution is -1.77. The maximum atomic E-state index is 8.99. The molecule has 0 saturated carbocycles. The highest BCUT2D eigenvalue weighted by atomic mass is 79.9. The minimum absolute atomic E-state index is 0.758. The standard InChI is InChI=1S/C10H6BrNS2/c1-13-8-5-14-10-7(11)3-2-6(4-12)9(8)10/h2-3,5H,1H3. The van der Waals surface area contributed by atoms with Crippen LogP contribution in [-0.2, 0) is 0 Å². The summed E-state index contributed by atoms with van der Waals surface area (Å²) in [6.45, 7) is 0. The summed E-state index contributed by atoms with van der Waals surface area (Å²) in [4.78, 5) is 1.18. The highest BCUT2D eigenvalue weighted by Crippen LogP contribution is 2.38. The van der Waals surface area contributed by atoms with E-state index in [1.807, 2.05) is 18.4 Å². The van der Waals surface area contributed by atoms with Crippen LogP contribution in [0.3, 0.4) is 0 Å². The fourth-order valence-electron chi connectivity index (χ4n) is 1.33. The first-order valence-corrected chi connectivity index (χ1v) is 6.81. The highest BCUT2D eigenvalue weighted by molar-refractivity contribution is 9.10. The van der Waals surface area contributed by atoms with E-state index in [4.69, 9.17) is 5.26 Å². The van der Waals surface area contributed by atoms with Crippen LogP contribution in [0, 0.1) is 11.3 Å². The number of rotatable bonds is 1. The first kappa shape index (κ1) is 10.0. The van der Waals surface area contributed by atoms with Crippen molar-refractivity contribution in [1.29, 1.82) is 5.26 Å². The summed E-state index contributed by atoms with van der Waals surface area (Å²) in [5, 5.41) is 12.2. The lowest BCUT2D eigenvalue weighted by molar-refractivity contribution is 1.49. The van der Waals surface area contributed by atoms with Gasteiger partial charge in [-0.3, -0.25) is 0 Å². The van der Waals surface area contributed by atoms with Gasteiger partial charge in [0.25, 0.3) is 0 Å². The van der Waals surface area contributed by atoms with Crippen molar-refractivity contribution in [2.45, 2.75) is 4.90 Å². The average molecular weight is 284 g/mol. The molecule has 0 saturated heterocycles. The summed E-state index contributed by atoms with van der Waals surface area (Å²) >= 11 is 6.85. The number of benzene rings is 1. The summed E-state index contributed by atoms with van der Waals surface area (Å²) in [6, 6.07) is 6.02. The van der Waals surface area contributed by atoms with Gasteiger partial charge in [0.2, 0.25) is 0 Å². The summed E-state index contributed by atoms with van der Waals surface area (Å²) < 4.78 is 2.23. The second-order valence-corrected chi connectivity index (χ2v) is 5.30. The third-order valence-electron chi connectivity index (χ3n) is 1.98. The van der Waals surface area contributed by atoms with E-state index < -0.39 is 0 Å². The van der Waals surface area contributed by atoms with E-state index in [1.54, 1.807) is 23.1 Å². The summed E-state index contributed by atoms with van der Waals surface area (Å²) in [6.07, 6.45) is 2.03. The van der Waals surface area contributed by atoms with E-state index in [9.17, 15) is 0 Å². The zero-order valence-corrected chi connectivity index (χ0v) is 10.6. The Hall–Kier alpha value is -0.500. The minimum Gasteiger partial charge on any atom is -0.192 e. The Kier molecular flexibility index (Phi) is 2.82. The Morgan fingerprint density at radius 1 is 1.50 bits per heavy atom. The number of nitriles is 1. The molecule has 0 aliphatic carbocycles. The van der Waals surface area contributed by atoms with Crippen LogP contribution >= 0.6 is 39.0 Å². The van der Waals surface area contributed by atoms with Crippen molar-refractivity contribution in [1.82, 2.24) is 0 Å². The first-order chi connectivity index (χ1) is 6.77. The van der Waals surface area contributed by atoms with Crippen molar-refractivity contribution in [3.05, 3.63) is 27.5 Å². The van der Waals surface area contributed by atoms with Gasteiger partial charge in [-0.25, -0.2) is 0 Å². The van der Waals surface area contributed by atoms with Crippen LogP contribution in [0.5, 0.6) is 0 Å². The van der Waals surface area contributed by atoms with E-state index in [2.05, 4.69) is 27.4 Å². The minimum atomic E-state index is 0.758. The molecule has 70 valence electrons. The topological polar surface area (TPSA) is 23.8 Å². The molecule has 1 heterocycles. The predicted molar refractivity (Wildman–Crippen MR) is 66.0 cm³/mol. The third-order valence-corrected chi connectivity index (χ3v) is 4.83. The van der Waals surface area contributed by atoms with Crippen molar-refractivity contribution in [2.75, 3.05) is 6.26 Å². The molecule has 0 bridgehead atoms. The molecule has 0 atom stereocenters. The van der Waals surface area contributed by atoms with Crippen molar-refractivity contribution >= 4 is 49.1 Å². The molecule has 0 N–H and O–H groups in total. The number of nitrogens with zero attached hydrogens (tertiary/aromatic N) is 1. The quantitative estimate of drug-likeness (QED) is 0.731. The summed E-state index contributed by atoms with van der Waals surface area (Å²) in [5.41, 5.74) is 0.758. The van der Waals surface area contributed by atoms with Gasteiger partial charge in [0, 0.05) is 20.1 Å². The maximum absolute atomic E-state index is 8.99. The van der Waals surface area contributed by atoms with Gasteiger partial charge >= 0.3 is 0 Å². The second-order valence-electron chi connectivity index (χ2n) is 2.71. The van der Waals surface area contributed by atoms with Gasteiger partial charge in [-0.15, -0.1) is 23.1 Å². The molecule has 1 aromatic heterocycles. The zero-order valence-electron chi connectivity index (χ0n) is 7.37. The Balaban J connectivity index is 2.90. The molecule has 1 nitrogen and oxygen atoms in total. The SMILES string of the molecule is CSc1csc2c(Br)ccc(C#N)c12. The van der Waals surface area contributed by atoms with Crippen LogP contribution in [0.4, 0.5) is 0 Å². The lowest BCUT2D eigenvalue weighted by atomic mass is 10.1. The van der Waals surface area contributed by atoms with Crippen molar-refractivity contribution < 1.29 is 0 Å². The Bertz CT molecular complexity index is 525. The molecule has 2 rings (SSSR count). The third kappa shape index (κ3) is 1.46. The molecule has 0 aliphatic rings. The summed E-state index contributed by atoms with van der Waals surface area (Å²) in [5.74, 6) is 0. The monoisotopic (exact) mass is 283 g/mol. The molecule has 0 amide bonds. The van der Waals surface area contributed by atoms with Crippen LogP contribution in [-0.4, -0.2) is 6.26 Å². The highest BCUT2D eigenvalue weighted by Gasteiger charge is 2.10. The number of fused-ring (bicyclic) bond motifs is 1. The van der Waals surface area contributed by atoms with E-state index in [-0.39, 0.29) is 0 Å². The van der Waals surface area contributed by atoms with Crippen molar-refractivity contribution in [2.24, 2.45) is 0 Å². The molecule has 0 fully saturated rings. The van der Waals surface area contributed by atoms with E-state index in [0.717, 1.165) is 20.1 Å². The normalized spacial score (nSPS) is 10.4. The average Bonchev–Trinajstić information content (AvgIpc) is 2.63. The first-order valence-electron chi connectivity index (χ1n) is 3.91. The number of thioether (sulfide) groups is 1. The van der Waals surface area contributed by atoms with Gasteiger partial charge in [0.1, 0.15) is 0 Å². The van der Waals surface area contributed by atoms with Gasteiger partial charge in [0.05, 0.1) is 16.3 Å². The smallest absolute Gasteiger partial charge is 0.0998 e. The van der Waals surface area contributed by atoms with Crippen LogP contribution in [0.2, 0.25) is 0 Å². The van der Waals surface area contributed by atoms with Crippen LogP contribution in [0.25, 0.3) is 10.1 Å². The number of halogens is 1. The zero-order chi connectivity index (χ0) is 10.1. The van der Waals surface area contributed by atoms with Gasteiger partial charge < -0.3 is 0 Å². The molecular weight excluding hydrogens is 278 g/mol. The molecule has 0 aliphatic heterocycles. The Morgan fingerprint density at radius 2 is 2.29 bits per heavy atom. The second kappa shape index (κ2) is 3.93.